The van der Waals surface area contributed by atoms with Crippen molar-refractivity contribution in [1.29, 1.82) is 0 Å². The maximum Gasteiger partial charge on any atom is 0.349 e. The van der Waals surface area contributed by atoms with E-state index in [0.717, 1.165) is 43.8 Å². The summed E-state index contributed by atoms with van der Waals surface area (Å²) in [7, 11) is 1.72. The van der Waals surface area contributed by atoms with Crippen LogP contribution in [0.25, 0.3) is 0 Å². The first-order chi connectivity index (χ1) is 13.5. The molecular weight excluding hydrogens is 445 g/mol. The van der Waals surface area contributed by atoms with Crippen LogP contribution >= 0.6 is 36.2 Å². The van der Waals surface area contributed by atoms with Crippen LogP contribution in [0.5, 0.6) is 0 Å². The number of nitrogens with zero attached hydrogens (tertiary/aromatic N) is 2. The molecule has 30 heavy (non-hydrogen) atoms. The number of aryl methyl sites for hydroxylation is 3. The van der Waals surface area contributed by atoms with Crippen molar-refractivity contribution in [2.24, 2.45) is 0 Å². The van der Waals surface area contributed by atoms with E-state index in [9.17, 15) is 9.59 Å². The van der Waals surface area contributed by atoms with Gasteiger partial charge in [0.05, 0.1) is 12.2 Å². The fourth-order valence-electron chi connectivity index (χ4n) is 4.12. The molecule has 4 rings (SSSR count). The number of rotatable bonds is 4. The molecule has 1 aliphatic heterocycles. The van der Waals surface area contributed by atoms with Crippen LogP contribution in [0.2, 0.25) is 0 Å². The first-order valence-corrected chi connectivity index (χ1v) is 10.9. The van der Waals surface area contributed by atoms with Crippen LogP contribution in [-0.4, -0.2) is 35.9 Å². The van der Waals surface area contributed by atoms with Crippen LogP contribution in [0.15, 0.2) is 15.3 Å². The zero-order chi connectivity index (χ0) is 19.7. The second-order valence-electron chi connectivity index (χ2n) is 7.88. The number of carbonyl (C=O) groups is 1. The molecule has 1 fully saturated rings. The quantitative estimate of drug-likeness (QED) is 0.729. The van der Waals surface area contributed by atoms with Gasteiger partial charge in [0.2, 0.25) is 0 Å². The van der Waals surface area contributed by atoms with Gasteiger partial charge in [-0.1, -0.05) is 0 Å². The predicted molar refractivity (Wildman–Crippen MR) is 124 cm³/mol. The highest BCUT2D eigenvalue weighted by atomic mass is 35.5. The van der Waals surface area contributed by atoms with Gasteiger partial charge < -0.3 is 14.6 Å². The van der Waals surface area contributed by atoms with E-state index in [1.807, 2.05) is 13.0 Å². The largest absolute Gasteiger partial charge is 0.427 e. The minimum atomic E-state index is -0.532. The first-order valence-electron chi connectivity index (χ1n) is 10.1. The lowest BCUT2D eigenvalue weighted by molar-refractivity contribution is 0.0779. The molecule has 2 aromatic rings. The Kier molecular flexibility index (Phi) is 8.91. The van der Waals surface area contributed by atoms with E-state index in [2.05, 4.69) is 5.32 Å². The summed E-state index contributed by atoms with van der Waals surface area (Å²) in [5.74, 6) is 0.581. The molecule has 6 nitrogen and oxygen atoms in total. The van der Waals surface area contributed by atoms with Gasteiger partial charge in [0.25, 0.3) is 5.91 Å². The van der Waals surface area contributed by atoms with Crippen LogP contribution in [0.3, 0.4) is 0 Å². The van der Waals surface area contributed by atoms with Crippen molar-refractivity contribution in [3.05, 3.63) is 49.0 Å². The average molecular weight is 474 g/mol. The van der Waals surface area contributed by atoms with Gasteiger partial charge in [-0.25, -0.2) is 9.78 Å². The lowest BCUT2D eigenvalue weighted by Gasteiger charge is -2.22. The molecule has 0 saturated carbocycles. The molecule has 2 aromatic heterocycles. The van der Waals surface area contributed by atoms with Gasteiger partial charge in [-0.15, -0.1) is 36.2 Å². The first kappa shape index (κ1) is 24.9. The van der Waals surface area contributed by atoms with Gasteiger partial charge in [0.15, 0.2) is 0 Å². The highest BCUT2D eigenvalue weighted by Crippen LogP contribution is 2.28. The molecule has 0 aromatic carbocycles. The normalized spacial score (nSPS) is 18.0. The van der Waals surface area contributed by atoms with E-state index in [1.165, 1.54) is 23.4 Å². The molecule has 0 radical (unpaired) electrons. The monoisotopic (exact) mass is 473 g/mol. The SMILES string of the molecule is Cc1cc(C2CCCNC2)oc(=O)c1C(=O)N(C)Cc1nc2c(s1)CCCC2.Cl.Cl. The molecular formula is C21H29Cl2N3O3S. The minimum Gasteiger partial charge on any atom is -0.427 e. The molecule has 1 amide bonds. The van der Waals surface area contributed by atoms with Crippen molar-refractivity contribution < 1.29 is 9.21 Å². The Morgan fingerprint density at radius 2 is 2.07 bits per heavy atom. The van der Waals surface area contributed by atoms with Crippen LogP contribution in [0, 0.1) is 6.92 Å². The summed E-state index contributed by atoms with van der Waals surface area (Å²) < 4.78 is 5.56. The van der Waals surface area contributed by atoms with E-state index in [1.54, 1.807) is 23.3 Å². The summed E-state index contributed by atoms with van der Waals surface area (Å²) in [4.78, 5) is 33.2. The Hall–Kier alpha value is -1.41. The third-order valence-electron chi connectivity index (χ3n) is 5.69. The molecule has 9 heteroatoms. The third kappa shape index (κ3) is 5.25. The Morgan fingerprint density at radius 3 is 2.73 bits per heavy atom. The van der Waals surface area contributed by atoms with Crippen LogP contribution in [0.1, 0.15) is 68.9 Å². The highest BCUT2D eigenvalue weighted by molar-refractivity contribution is 7.11. The number of nitrogens with one attached hydrogen (secondary N) is 1. The van der Waals surface area contributed by atoms with Crippen molar-refractivity contribution in [3.8, 4) is 0 Å². The molecule has 166 valence electrons. The Balaban J connectivity index is 0.00000160. The van der Waals surface area contributed by atoms with E-state index < -0.39 is 5.63 Å². The topological polar surface area (TPSA) is 75.4 Å². The van der Waals surface area contributed by atoms with E-state index >= 15 is 0 Å². The fourth-order valence-corrected chi connectivity index (χ4v) is 5.33. The number of thiazole rings is 1. The molecule has 1 unspecified atom stereocenters. The second kappa shape index (κ2) is 10.8. The Labute approximate surface area is 193 Å². The van der Waals surface area contributed by atoms with Crippen molar-refractivity contribution in [2.75, 3.05) is 20.1 Å². The smallest absolute Gasteiger partial charge is 0.349 e. The van der Waals surface area contributed by atoms with Crippen molar-refractivity contribution in [3.63, 3.8) is 0 Å². The minimum absolute atomic E-state index is 0. The van der Waals surface area contributed by atoms with Gasteiger partial charge in [0, 0.05) is 24.4 Å². The molecule has 0 bridgehead atoms. The van der Waals surface area contributed by atoms with Gasteiger partial charge in [-0.05, 0) is 63.6 Å². The molecule has 0 spiro atoms. The molecule has 3 heterocycles. The standard InChI is InChI=1S/C21H27N3O3S.2ClH/c1-13-10-16(14-6-5-9-22-11-14)27-21(26)19(13)20(25)24(2)12-18-23-15-7-3-4-8-17(15)28-18;;/h10,14,22H,3-9,11-12H2,1-2H3;2*1H. The number of amides is 1. The van der Waals surface area contributed by atoms with Gasteiger partial charge in [-0.3, -0.25) is 4.79 Å². The third-order valence-corrected chi connectivity index (χ3v) is 6.83. The molecule has 1 aliphatic carbocycles. The van der Waals surface area contributed by atoms with Crippen molar-refractivity contribution in [2.45, 2.75) is 57.9 Å². The average Bonchev–Trinajstić information content (AvgIpc) is 3.10. The molecule has 2 aliphatic rings. The summed E-state index contributed by atoms with van der Waals surface area (Å²) in [5.41, 5.74) is 1.48. The van der Waals surface area contributed by atoms with Crippen molar-refractivity contribution in [1.82, 2.24) is 15.2 Å². The molecule has 1 saturated heterocycles. The van der Waals surface area contributed by atoms with Crippen LogP contribution < -0.4 is 10.9 Å². The Bertz CT molecular complexity index is 915. The lowest BCUT2D eigenvalue weighted by atomic mass is 9.95. The Morgan fingerprint density at radius 1 is 1.30 bits per heavy atom. The summed E-state index contributed by atoms with van der Waals surface area (Å²) >= 11 is 1.69. The summed E-state index contributed by atoms with van der Waals surface area (Å²) in [6.07, 6.45) is 6.58. The van der Waals surface area contributed by atoms with E-state index in [0.29, 0.717) is 17.9 Å². The maximum atomic E-state index is 13.0. The molecule has 1 N–H and O–H groups in total. The zero-order valence-corrected chi connectivity index (χ0v) is 19.8. The fraction of sp³-hybridized carbons (Fsp3) is 0.571. The van der Waals surface area contributed by atoms with Crippen LogP contribution in [-0.2, 0) is 19.4 Å². The summed E-state index contributed by atoms with van der Waals surface area (Å²) in [6.45, 7) is 4.05. The van der Waals surface area contributed by atoms with E-state index in [4.69, 9.17) is 9.40 Å². The van der Waals surface area contributed by atoms with Gasteiger partial charge in [0.1, 0.15) is 16.3 Å². The predicted octanol–water partition coefficient (Wildman–Crippen LogP) is 3.87. The van der Waals surface area contributed by atoms with Gasteiger partial charge >= 0.3 is 5.63 Å². The van der Waals surface area contributed by atoms with Crippen LogP contribution in [0.4, 0.5) is 0 Å². The summed E-state index contributed by atoms with van der Waals surface area (Å²) in [5, 5.41) is 4.27. The zero-order valence-electron chi connectivity index (χ0n) is 17.4. The maximum absolute atomic E-state index is 13.0. The second-order valence-corrected chi connectivity index (χ2v) is 9.05. The number of fused-ring (bicyclic) bond motifs is 1. The number of piperidine rings is 1. The molecule has 1 atom stereocenters. The number of hydrogen-bond acceptors (Lipinski definition) is 6. The number of carbonyl (C=O) groups excluding carboxylic acids is 1. The summed E-state index contributed by atoms with van der Waals surface area (Å²) in [6, 6.07) is 1.86. The number of hydrogen-bond donors (Lipinski definition) is 1. The highest BCUT2D eigenvalue weighted by Gasteiger charge is 2.25. The van der Waals surface area contributed by atoms with Gasteiger partial charge in [-0.2, -0.15) is 0 Å². The van der Waals surface area contributed by atoms with E-state index in [-0.39, 0.29) is 42.2 Å². The lowest BCUT2D eigenvalue weighted by Crippen LogP contribution is -2.32. The number of aromatic nitrogens is 1. The van der Waals surface area contributed by atoms with Crippen molar-refractivity contribution >= 4 is 42.1 Å². The number of halogens is 2.